The van der Waals surface area contributed by atoms with Crippen molar-refractivity contribution in [2.24, 2.45) is 5.92 Å². The number of carboxylic acids is 1. The van der Waals surface area contributed by atoms with Crippen molar-refractivity contribution in [3.8, 4) is 0 Å². The van der Waals surface area contributed by atoms with Crippen LogP contribution in [0, 0.1) is 5.92 Å². The predicted molar refractivity (Wildman–Crippen MR) is 64.9 cm³/mol. The maximum atomic E-state index is 10.9. The van der Waals surface area contributed by atoms with Crippen LogP contribution in [0.3, 0.4) is 0 Å². The van der Waals surface area contributed by atoms with Gasteiger partial charge in [0.1, 0.15) is 0 Å². The highest BCUT2D eigenvalue weighted by molar-refractivity contribution is 5.87. The van der Waals surface area contributed by atoms with Crippen molar-refractivity contribution in [3.63, 3.8) is 0 Å². The lowest BCUT2D eigenvalue weighted by Gasteiger charge is -2.30. The molecule has 1 fully saturated rings. The number of rotatable bonds is 3. The van der Waals surface area contributed by atoms with Crippen LogP contribution in [0.25, 0.3) is 0 Å². The Kier molecular flexibility index (Phi) is 3.20. The van der Waals surface area contributed by atoms with Gasteiger partial charge in [0.25, 0.3) is 0 Å². The molecule has 1 atom stereocenters. The molecular weight excluding hydrogens is 216 g/mol. The Balaban J connectivity index is 2.31. The van der Waals surface area contributed by atoms with Gasteiger partial charge in [-0.25, -0.2) is 4.79 Å². The van der Waals surface area contributed by atoms with E-state index < -0.39 is 11.6 Å². The Morgan fingerprint density at radius 1 is 1.35 bits per heavy atom. The quantitative estimate of drug-likeness (QED) is 0.845. The number of benzene rings is 1. The second-order valence-electron chi connectivity index (χ2n) is 5.01. The maximum absolute atomic E-state index is 10.9. The van der Waals surface area contributed by atoms with Crippen LogP contribution in [0.4, 0.5) is 0 Å². The molecule has 0 spiro atoms. The number of aliphatic hydroxyl groups is 1. The van der Waals surface area contributed by atoms with Crippen LogP contribution in [0.15, 0.2) is 24.3 Å². The molecule has 0 heterocycles. The molecule has 2 N–H and O–H groups in total. The summed E-state index contributed by atoms with van der Waals surface area (Å²) in [7, 11) is 0. The first-order valence-electron chi connectivity index (χ1n) is 6.08. The van der Waals surface area contributed by atoms with E-state index in [1.54, 1.807) is 25.1 Å². The van der Waals surface area contributed by atoms with Crippen LogP contribution >= 0.6 is 0 Å². The minimum atomic E-state index is -0.950. The molecule has 0 saturated heterocycles. The summed E-state index contributed by atoms with van der Waals surface area (Å²) in [5, 5.41) is 19.6. The zero-order valence-corrected chi connectivity index (χ0v) is 10.0. The summed E-state index contributed by atoms with van der Waals surface area (Å²) in [4.78, 5) is 10.9. The largest absolute Gasteiger partial charge is 0.478 e. The van der Waals surface area contributed by atoms with Crippen LogP contribution in [-0.4, -0.2) is 16.2 Å². The first-order chi connectivity index (χ1) is 8.01. The summed E-state index contributed by atoms with van der Waals surface area (Å²) in [5.74, 6) is -0.708. The van der Waals surface area contributed by atoms with Gasteiger partial charge in [-0.1, -0.05) is 25.0 Å². The monoisotopic (exact) mass is 234 g/mol. The standard InChI is InChI=1S/C14H18O3/c1-14(17,11-6-2-3-7-11)12-8-4-5-10(9-12)13(15)16/h4-5,8-9,11,17H,2-3,6-7H2,1H3,(H,15,16). The molecule has 1 aliphatic carbocycles. The predicted octanol–water partition coefficient (Wildman–Crippen LogP) is 2.78. The fraction of sp³-hybridized carbons (Fsp3) is 0.500. The highest BCUT2D eigenvalue weighted by Crippen LogP contribution is 2.40. The third kappa shape index (κ3) is 2.34. The fourth-order valence-corrected chi connectivity index (χ4v) is 2.69. The van der Waals surface area contributed by atoms with Gasteiger partial charge in [-0.2, -0.15) is 0 Å². The Labute approximate surface area is 101 Å². The lowest BCUT2D eigenvalue weighted by Crippen LogP contribution is -2.30. The van der Waals surface area contributed by atoms with Crippen molar-refractivity contribution >= 4 is 5.97 Å². The van der Waals surface area contributed by atoms with E-state index in [0.717, 1.165) is 25.7 Å². The van der Waals surface area contributed by atoms with Gasteiger partial charge in [0.2, 0.25) is 0 Å². The summed E-state index contributed by atoms with van der Waals surface area (Å²) >= 11 is 0. The average molecular weight is 234 g/mol. The molecule has 1 aromatic carbocycles. The van der Waals surface area contributed by atoms with Gasteiger partial charge in [0.15, 0.2) is 0 Å². The van der Waals surface area contributed by atoms with E-state index in [1.165, 1.54) is 0 Å². The molecular formula is C14H18O3. The van der Waals surface area contributed by atoms with Gasteiger partial charge < -0.3 is 10.2 Å². The molecule has 1 saturated carbocycles. The lowest BCUT2D eigenvalue weighted by molar-refractivity contribution is -0.00337. The van der Waals surface area contributed by atoms with E-state index in [9.17, 15) is 9.90 Å². The van der Waals surface area contributed by atoms with Crippen LogP contribution in [-0.2, 0) is 5.60 Å². The molecule has 0 amide bonds. The molecule has 92 valence electrons. The molecule has 2 rings (SSSR count). The normalized spacial score (nSPS) is 20.1. The number of aromatic carboxylic acids is 1. The first kappa shape index (κ1) is 12.1. The van der Waals surface area contributed by atoms with E-state index in [0.29, 0.717) is 5.56 Å². The summed E-state index contributed by atoms with van der Waals surface area (Å²) in [6, 6.07) is 6.64. The summed E-state index contributed by atoms with van der Waals surface area (Å²) in [6.07, 6.45) is 4.34. The van der Waals surface area contributed by atoms with E-state index >= 15 is 0 Å². The number of carboxylic acid groups (broad SMARTS) is 1. The molecule has 0 radical (unpaired) electrons. The number of hydrogen-bond donors (Lipinski definition) is 2. The second-order valence-corrected chi connectivity index (χ2v) is 5.01. The highest BCUT2D eigenvalue weighted by Gasteiger charge is 2.35. The SMILES string of the molecule is CC(O)(c1cccc(C(=O)O)c1)C1CCCC1. The molecule has 0 bridgehead atoms. The molecule has 0 aliphatic heterocycles. The minimum Gasteiger partial charge on any atom is -0.478 e. The molecule has 1 unspecified atom stereocenters. The minimum absolute atomic E-state index is 0.237. The number of hydrogen-bond acceptors (Lipinski definition) is 2. The van der Waals surface area contributed by atoms with Gasteiger partial charge in [0.05, 0.1) is 11.2 Å². The zero-order valence-electron chi connectivity index (χ0n) is 10.0. The smallest absolute Gasteiger partial charge is 0.335 e. The molecule has 0 aromatic heterocycles. The van der Waals surface area contributed by atoms with Crippen LogP contribution in [0.5, 0.6) is 0 Å². The van der Waals surface area contributed by atoms with Crippen LogP contribution < -0.4 is 0 Å². The lowest BCUT2D eigenvalue weighted by atomic mass is 9.81. The van der Waals surface area contributed by atoms with E-state index in [1.807, 2.05) is 6.07 Å². The van der Waals surface area contributed by atoms with Crippen molar-refractivity contribution in [3.05, 3.63) is 35.4 Å². The Bertz CT molecular complexity index is 417. The summed E-state index contributed by atoms with van der Waals surface area (Å²) < 4.78 is 0. The van der Waals surface area contributed by atoms with Gasteiger partial charge in [-0.05, 0) is 43.4 Å². The van der Waals surface area contributed by atoms with Gasteiger partial charge in [-0.3, -0.25) is 0 Å². The maximum Gasteiger partial charge on any atom is 0.335 e. The van der Waals surface area contributed by atoms with Crippen molar-refractivity contribution in [2.45, 2.75) is 38.2 Å². The molecule has 3 heteroatoms. The zero-order chi connectivity index (χ0) is 12.5. The molecule has 17 heavy (non-hydrogen) atoms. The summed E-state index contributed by atoms with van der Waals surface area (Å²) in [5.41, 5.74) is 0.0344. The molecule has 1 aliphatic rings. The highest BCUT2D eigenvalue weighted by atomic mass is 16.4. The third-order valence-electron chi connectivity index (χ3n) is 3.84. The fourth-order valence-electron chi connectivity index (χ4n) is 2.69. The Hall–Kier alpha value is -1.35. The van der Waals surface area contributed by atoms with E-state index in [4.69, 9.17) is 5.11 Å². The van der Waals surface area contributed by atoms with Crippen molar-refractivity contribution in [1.82, 2.24) is 0 Å². The Morgan fingerprint density at radius 3 is 2.59 bits per heavy atom. The molecule has 1 aromatic rings. The van der Waals surface area contributed by atoms with Gasteiger partial charge >= 0.3 is 5.97 Å². The van der Waals surface area contributed by atoms with E-state index in [2.05, 4.69) is 0 Å². The third-order valence-corrected chi connectivity index (χ3v) is 3.84. The average Bonchev–Trinajstić information content (AvgIpc) is 2.83. The van der Waals surface area contributed by atoms with Crippen molar-refractivity contribution in [1.29, 1.82) is 0 Å². The Morgan fingerprint density at radius 2 is 2.00 bits per heavy atom. The van der Waals surface area contributed by atoms with Crippen molar-refractivity contribution < 1.29 is 15.0 Å². The van der Waals surface area contributed by atoms with Crippen LogP contribution in [0.1, 0.15) is 48.5 Å². The topological polar surface area (TPSA) is 57.5 Å². The summed E-state index contributed by atoms with van der Waals surface area (Å²) in [6.45, 7) is 1.80. The van der Waals surface area contributed by atoms with Crippen LogP contribution in [0.2, 0.25) is 0 Å². The van der Waals surface area contributed by atoms with Gasteiger partial charge in [-0.15, -0.1) is 0 Å². The van der Waals surface area contributed by atoms with Crippen molar-refractivity contribution in [2.75, 3.05) is 0 Å². The second kappa shape index (κ2) is 4.49. The molecule has 3 nitrogen and oxygen atoms in total. The van der Waals surface area contributed by atoms with Gasteiger partial charge in [0, 0.05) is 0 Å². The first-order valence-corrected chi connectivity index (χ1v) is 6.08. The number of carbonyl (C=O) groups is 1. The van der Waals surface area contributed by atoms with E-state index in [-0.39, 0.29) is 11.5 Å².